The van der Waals surface area contributed by atoms with Gasteiger partial charge in [-0.25, -0.2) is 8.42 Å². The molecule has 116 valence electrons. The predicted octanol–water partition coefficient (Wildman–Crippen LogP) is 4.36. The van der Waals surface area contributed by atoms with E-state index in [-0.39, 0.29) is 0 Å². The van der Waals surface area contributed by atoms with Crippen LogP contribution in [0.25, 0.3) is 5.57 Å². The molecular weight excluding hydrogens is 320 g/mol. The Morgan fingerprint density at radius 3 is 1.73 bits per heavy atom. The number of sulfone groups is 1. The molecule has 0 radical (unpaired) electrons. The highest BCUT2D eigenvalue weighted by Crippen LogP contribution is 2.39. The van der Waals surface area contributed by atoms with Gasteiger partial charge in [-0.15, -0.1) is 0 Å². The average Bonchev–Trinajstić information content (AvgIpc) is 2.48. The van der Waals surface area contributed by atoms with Gasteiger partial charge in [0.1, 0.15) is 5.57 Å². The van der Waals surface area contributed by atoms with Crippen molar-refractivity contribution in [2.75, 3.05) is 0 Å². The quantitative estimate of drug-likeness (QED) is 0.784. The molecular formula is C15H10F4O2S. The van der Waals surface area contributed by atoms with Crippen LogP contribution in [-0.4, -0.2) is 14.6 Å². The minimum Gasteiger partial charge on any atom is -0.216 e. The summed E-state index contributed by atoms with van der Waals surface area (Å²) in [5.74, 6) is 0. The van der Waals surface area contributed by atoms with Crippen LogP contribution >= 0.6 is 0 Å². The Kier molecular flexibility index (Phi) is 4.37. The molecule has 0 spiro atoms. The van der Waals surface area contributed by atoms with E-state index in [1.807, 2.05) is 0 Å². The van der Waals surface area contributed by atoms with Gasteiger partial charge in [-0.3, -0.25) is 0 Å². The summed E-state index contributed by atoms with van der Waals surface area (Å²) in [5.41, 5.74) is -2.36. The molecule has 0 fully saturated rings. The number of allylic oxidation sites excluding steroid dienone is 1. The number of benzene rings is 2. The second-order valence-corrected chi connectivity index (χ2v) is 6.17. The van der Waals surface area contributed by atoms with Crippen molar-refractivity contribution in [3.8, 4) is 0 Å². The molecule has 7 heteroatoms. The van der Waals surface area contributed by atoms with Crippen molar-refractivity contribution in [3.63, 3.8) is 0 Å². The predicted molar refractivity (Wildman–Crippen MR) is 74.2 cm³/mol. The van der Waals surface area contributed by atoms with Gasteiger partial charge in [-0.1, -0.05) is 48.5 Å². The van der Waals surface area contributed by atoms with E-state index in [2.05, 4.69) is 0 Å². The summed E-state index contributed by atoms with van der Waals surface area (Å²) < 4.78 is 77.8. The Bertz CT molecular complexity index is 779. The molecule has 22 heavy (non-hydrogen) atoms. The van der Waals surface area contributed by atoms with Gasteiger partial charge in [-0.2, -0.15) is 17.6 Å². The molecule has 0 bridgehead atoms. The first-order valence-electron chi connectivity index (χ1n) is 6.07. The van der Waals surface area contributed by atoms with Crippen LogP contribution < -0.4 is 0 Å². The van der Waals surface area contributed by atoms with Crippen molar-refractivity contribution in [3.05, 3.63) is 71.4 Å². The lowest BCUT2D eigenvalue weighted by molar-refractivity contribution is -0.0697. The van der Waals surface area contributed by atoms with E-state index >= 15 is 0 Å². The van der Waals surface area contributed by atoms with Crippen LogP contribution in [0, 0.1) is 0 Å². The summed E-state index contributed by atoms with van der Waals surface area (Å²) in [5, 5.41) is -2.21. The first kappa shape index (κ1) is 16.2. The van der Waals surface area contributed by atoms with Gasteiger partial charge >= 0.3 is 6.18 Å². The maximum atomic E-state index is 14.3. The highest BCUT2D eigenvalue weighted by molar-refractivity contribution is 7.95. The van der Waals surface area contributed by atoms with Crippen LogP contribution in [0.5, 0.6) is 0 Å². The van der Waals surface area contributed by atoms with Crippen molar-refractivity contribution in [1.29, 1.82) is 0 Å². The van der Waals surface area contributed by atoms with Crippen LogP contribution in [0.15, 0.2) is 70.7 Å². The van der Waals surface area contributed by atoms with Gasteiger partial charge in [0, 0.05) is 0 Å². The minimum absolute atomic E-state index is 0.537. The van der Waals surface area contributed by atoms with Gasteiger partial charge in [-0.05, 0) is 17.7 Å². The maximum Gasteiger partial charge on any atom is 0.420 e. The zero-order chi connectivity index (χ0) is 16.4. The molecule has 2 nitrogen and oxygen atoms in total. The first-order valence-corrected chi connectivity index (χ1v) is 7.55. The van der Waals surface area contributed by atoms with Crippen LogP contribution in [0.3, 0.4) is 0 Å². The number of alkyl halides is 3. The summed E-state index contributed by atoms with van der Waals surface area (Å²) in [4.78, 5) is -0.537. The second kappa shape index (κ2) is 5.92. The highest BCUT2D eigenvalue weighted by atomic mass is 32.2. The lowest BCUT2D eigenvalue weighted by Crippen LogP contribution is -2.16. The van der Waals surface area contributed by atoms with Crippen LogP contribution in [0.2, 0.25) is 0 Å². The first-order chi connectivity index (χ1) is 10.2. The van der Waals surface area contributed by atoms with E-state index in [1.54, 1.807) is 0 Å². The largest absolute Gasteiger partial charge is 0.420 e. The van der Waals surface area contributed by atoms with Crippen LogP contribution in [0.1, 0.15) is 5.56 Å². The molecule has 2 aromatic rings. The third-order valence-corrected chi connectivity index (χ3v) is 4.40. The fourth-order valence-corrected chi connectivity index (χ4v) is 3.06. The molecule has 2 rings (SSSR count). The van der Waals surface area contributed by atoms with Gasteiger partial charge in [0.05, 0.1) is 4.90 Å². The second-order valence-electron chi connectivity index (χ2n) is 4.33. The van der Waals surface area contributed by atoms with Crippen molar-refractivity contribution < 1.29 is 26.0 Å². The maximum absolute atomic E-state index is 14.3. The monoisotopic (exact) mass is 330 g/mol. The third-order valence-electron chi connectivity index (χ3n) is 2.83. The van der Waals surface area contributed by atoms with Gasteiger partial charge in [0.25, 0.3) is 0 Å². The average molecular weight is 330 g/mol. The third kappa shape index (κ3) is 3.19. The van der Waals surface area contributed by atoms with E-state index < -0.39 is 37.2 Å². The summed E-state index contributed by atoms with van der Waals surface area (Å²) in [6.45, 7) is 0. The van der Waals surface area contributed by atoms with Crippen LogP contribution in [-0.2, 0) is 9.84 Å². The number of hydrogen-bond donors (Lipinski definition) is 0. The van der Waals surface area contributed by atoms with E-state index in [1.165, 1.54) is 36.4 Å². The molecule has 0 saturated carbocycles. The van der Waals surface area contributed by atoms with Crippen LogP contribution in [0.4, 0.5) is 17.6 Å². The molecule has 0 aromatic heterocycles. The number of rotatable bonds is 3. The minimum atomic E-state index is -5.15. The molecule has 0 saturated heterocycles. The van der Waals surface area contributed by atoms with Crippen molar-refractivity contribution in [2.24, 2.45) is 0 Å². The molecule has 0 aliphatic heterocycles. The molecule has 2 aromatic carbocycles. The Hall–Kier alpha value is -2.15. The smallest absolute Gasteiger partial charge is 0.216 e. The van der Waals surface area contributed by atoms with Crippen molar-refractivity contribution in [1.82, 2.24) is 0 Å². The zero-order valence-corrected chi connectivity index (χ0v) is 11.8. The van der Waals surface area contributed by atoms with Gasteiger partial charge in [0.15, 0.2) is 0 Å². The molecule has 0 atom stereocenters. The van der Waals surface area contributed by atoms with Gasteiger partial charge < -0.3 is 0 Å². The Morgan fingerprint density at radius 1 is 0.818 bits per heavy atom. The zero-order valence-electron chi connectivity index (χ0n) is 11.0. The molecule has 0 unspecified atom stereocenters. The van der Waals surface area contributed by atoms with Crippen molar-refractivity contribution in [2.45, 2.75) is 11.1 Å². The van der Waals surface area contributed by atoms with Crippen molar-refractivity contribution >= 4 is 15.4 Å². The van der Waals surface area contributed by atoms with E-state index in [0.717, 1.165) is 24.3 Å². The number of halogens is 4. The summed E-state index contributed by atoms with van der Waals surface area (Å²) >= 11 is 0. The van der Waals surface area contributed by atoms with Gasteiger partial charge in [0.2, 0.25) is 15.0 Å². The molecule has 0 aliphatic carbocycles. The summed E-state index contributed by atoms with van der Waals surface area (Å²) in [6, 6.07) is 12.1. The normalized spacial score (nSPS) is 13.6. The standard InChI is InChI=1S/C15H10F4O2S/c16-14(22(20,21)12-9-5-2-6-10-12)13(15(17,18)19)11-7-3-1-4-8-11/h1-10H/b14-13-. The molecule has 0 N–H and O–H groups in total. The lowest BCUT2D eigenvalue weighted by Gasteiger charge is -2.14. The number of hydrogen-bond acceptors (Lipinski definition) is 2. The van der Waals surface area contributed by atoms with E-state index in [9.17, 15) is 26.0 Å². The van der Waals surface area contributed by atoms with E-state index in [4.69, 9.17) is 0 Å². The fraction of sp³-hybridized carbons (Fsp3) is 0.0667. The SMILES string of the molecule is O=S(=O)(/C(F)=C(/c1ccccc1)C(F)(F)F)c1ccccc1. The van der Waals surface area contributed by atoms with E-state index in [0.29, 0.717) is 0 Å². The summed E-state index contributed by atoms with van der Waals surface area (Å²) in [7, 11) is -4.88. The fourth-order valence-electron chi connectivity index (χ4n) is 1.83. The Balaban J connectivity index is 2.71. The molecule has 0 heterocycles. The Morgan fingerprint density at radius 2 is 1.27 bits per heavy atom. The topological polar surface area (TPSA) is 34.1 Å². The Labute approximate surface area is 124 Å². The lowest BCUT2D eigenvalue weighted by atomic mass is 10.1. The molecule has 0 amide bonds. The molecule has 0 aliphatic rings. The highest BCUT2D eigenvalue weighted by Gasteiger charge is 2.42. The summed E-state index contributed by atoms with van der Waals surface area (Å²) in [6.07, 6.45) is -5.15.